The normalized spacial score (nSPS) is 11.7. The van der Waals surface area contributed by atoms with E-state index in [0.717, 1.165) is 28.9 Å². The Labute approximate surface area is 132 Å². The first-order chi connectivity index (χ1) is 10.8. The van der Waals surface area contributed by atoms with Crippen LogP contribution in [0.1, 0.15) is 22.3 Å². The van der Waals surface area contributed by atoms with Crippen LogP contribution >= 0.6 is 0 Å². The molecule has 0 heterocycles. The second kappa shape index (κ2) is 6.69. The molecule has 1 amide bonds. The van der Waals surface area contributed by atoms with Crippen LogP contribution in [-0.2, 0) is 11.0 Å². The van der Waals surface area contributed by atoms with Crippen molar-refractivity contribution in [3.63, 3.8) is 0 Å². The molecule has 2 rings (SSSR count). The van der Waals surface area contributed by atoms with Crippen LogP contribution in [0.15, 0.2) is 48.5 Å². The number of halogens is 3. The average molecular weight is 319 g/mol. The summed E-state index contributed by atoms with van der Waals surface area (Å²) in [6.07, 6.45) is -1.58. The summed E-state index contributed by atoms with van der Waals surface area (Å²) in [5.74, 6) is -0.331. The number of nitrogens with one attached hydrogen (secondary N) is 1. The summed E-state index contributed by atoms with van der Waals surface area (Å²) in [5, 5.41) is 2.78. The van der Waals surface area contributed by atoms with Crippen LogP contribution in [0.25, 0.3) is 6.08 Å². The van der Waals surface area contributed by atoms with Crippen LogP contribution in [0.3, 0.4) is 0 Å². The zero-order valence-electron chi connectivity index (χ0n) is 12.7. The predicted molar refractivity (Wildman–Crippen MR) is 85.0 cm³/mol. The minimum absolute atomic E-state index is 0.331. The molecule has 23 heavy (non-hydrogen) atoms. The van der Waals surface area contributed by atoms with Gasteiger partial charge in [0, 0.05) is 11.8 Å². The number of carbonyl (C=O) groups is 1. The molecule has 0 saturated heterocycles. The van der Waals surface area contributed by atoms with Crippen LogP contribution in [-0.4, -0.2) is 5.91 Å². The monoisotopic (exact) mass is 319 g/mol. The number of aryl methyl sites for hydroxylation is 2. The Morgan fingerprint density at radius 2 is 1.57 bits per heavy atom. The number of anilines is 1. The van der Waals surface area contributed by atoms with Gasteiger partial charge in [-0.15, -0.1) is 0 Å². The molecule has 120 valence electrons. The van der Waals surface area contributed by atoms with E-state index in [1.807, 2.05) is 32.0 Å². The third-order valence-electron chi connectivity index (χ3n) is 3.39. The van der Waals surface area contributed by atoms with Crippen molar-refractivity contribution < 1.29 is 18.0 Å². The molecule has 0 aliphatic carbocycles. The SMILES string of the molecule is Cc1cccc(C)c1NC(=O)/C=C/c1ccc(C(F)(F)F)cc1. The maximum atomic E-state index is 12.5. The molecule has 5 heteroatoms. The van der Waals surface area contributed by atoms with Gasteiger partial charge >= 0.3 is 6.18 Å². The number of hydrogen-bond acceptors (Lipinski definition) is 1. The third kappa shape index (κ3) is 4.45. The molecule has 0 unspecified atom stereocenters. The van der Waals surface area contributed by atoms with E-state index < -0.39 is 11.7 Å². The van der Waals surface area contributed by atoms with E-state index in [4.69, 9.17) is 0 Å². The Morgan fingerprint density at radius 1 is 1.00 bits per heavy atom. The summed E-state index contributed by atoms with van der Waals surface area (Å²) in [7, 11) is 0. The summed E-state index contributed by atoms with van der Waals surface area (Å²) in [6, 6.07) is 10.3. The Balaban J connectivity index is 2.07. The fourth-order valence-electron chi connectivity index (χ4n) is 2.13. The highest BCUT2D eigenvalue weighted by atomic mass is 19.4. The lowest BCUT2D eigenvalue weighted by Crippen LogP contribution is -2.10. The van der Waals surface area contributed by atoms with Crippen LogP contribution in [0.5, 0.6) is 0 Å². The highest BCUT2D eigenvalue weighted by molar-refractivity contribution is 6.02. The molecule has 0 radical (unpaired) electrons. The number of amides is 1. The first kappa shape index (κ1) is 16.8. The molecule has 2 nitrogen and oxygen atoms in total. The van der Waals surface area contributed by atoms with E-state index in [-0.39, 0.29) is 5.91 Å². The highest BCUT2D eigenvalue weighted by Crippen LogP contribution is 2.29. The van der Waals surface area contributed by atoms with Gasteiger partial charge in [0.2, 0.25) is 5.91 Å². The zero-order chi connectivity index (χ0) is 17.0. The van der Waals surface area contributed by atoms with Gasteiger partial charge in [0.15, 0.2) is 0 Å². The number of benzene rings is 2. The molecule has 1 N–H and O–H groups in total. The summed E-state index contributed by atoms with van der Waals surface area (Å²) in [4.78, 5) is 11.9. The van der Waals surface area contributed by atoms with Gasteiger partial charge in [-0.05, 0) is 48.7 Å². The molecule has 0 aliphatic rings. The topological polar surface area (TPSA) is 29.1 Å². The van der Waals surface area contributed by atoms with Crippen LogP contribution in [0.2, 0.25) is 0 Å². The summed E-state index contributed by atoms with van der Waals surface area (Å²) in [6.45, 7) is 3.78. The van der Waals surface area contributed by atoms with Gasteiger partial charge in [-0.2, -0.15) is 13.2 Å². The van der Waals surface area contributed by atoms with E-state index >= 15 is 0 Å². The fourth-order valence-corrected chi connectivity index (χ4v) is 2.13. The van der Waals surface area contributed by atoms with Crippen LogP contribution in [0, 0.1) is 13.8 Å². The van der Waals surface area contributed by atoms with Gasteiger partial charge in [-0.3, -0.25) is 4.79 Å². The lowest BCUT2D eigenvalue weighted by molar-refractivity contribution is -0.137. The van der Waals surface area contributed by atoms with E-state index in [1.165, 1.54) is 24.3 Å². The summed E-state index contributed by atoms with van der Waals surface area (Å²) < 4.78 is 37.4. The minimum atomic E-state index is -4.36. The standard InChI is InChI=1S/C18H16F3NO/c1-12-4-3-5-13(2)17(12)22-16(23)11-8-14-6-9-15(10-7-14)18(19,20)21/h3-11H,1-2H3,(H,22,23)/b11-8+. The molecule has 0 aliphatic heterocycles. The van der Waals surface area contributed by atoms with Crippen molar-refractivity contribution in [2.45, 2.75) is 20.0 Å². The van der Waals surface area contributed by atoms with E-state index in [2.05, 4.69) is 5.32 Å². The minimum Gasteiger partial charge on any atom is -0.322 e. The molecule has 0 fully saturated rings. The molecular weight excluding hydrogens is 303 g/mol. The predicted octanol–water partition coefficient (Wildman–Crippen LogP) is 4.97. The molecule has 0 spiro atoms. The Hall–Kier alpha value is -2.56. The fraction of sp³-hybridized carbons (Fsp3) is 0.167. The van der Waals surface area contributed by atoms with Crippen molar-refractivity contribution in [1.29, 1.82) is 0 Å². The first-order valence-corrected chi connectivity index (χ1v) is 7.00. The highest BCUT2D eigenvalue weighted by Gasteiger charge is 2.29. The molecule has 0 aromatic heterocycles. The van der Waals surface area contributed by atoms with Gasteiger partial charge in [-0.1, -0.05) is 30.3 Å². The summed E-state index contributed by atoms with van der Waals surface area (Å²) in [5.41, 5.74) is 2.45. The molecule has 0 bridgehead atoms. The van der Waals surface area contributed by atoms with Crippen molar-refractivity contribution in [2.24, 2.45) is 0 Å². The van der Waals surface area contributed by atoms with E-state index in [0.29, 0.717) is 5.56 Å². The van der Waals surface area contributed by atoms with Crippen LogP contribution in [0.4, 0.5) is 18.9 Å². The van der Waals surface area contributed by atoms with Crippen molar-refractivity contribution in [3.8, 4) is 0 Å². The maximum absolute atomic E-state index is 12.5. The van der Waals surface area contributed by atoms with Gasteiger partial charge in [0.05, 0.1) is 5.56 Å². The first-order valence-electron chi connectivity index (χ1n) is 7.00. The third-order valence-corrected chi connectivity index (χ3v) is 3.39. The Bertz CT molecular complexity index is 711. The van der Waals surface area contributed by atoms with E-state index in [9.17, 15) is 18.0 Å². The molecule has 2 aromatic carbocycles. The number of rotatable bonds is 3. The van der Waals surface area contributed by atoms with Gasteiger partial charge in [0.1, 0.15) is 0 Å². The average Bonchev–Trinajstić information content (AvgIpc) is 2.48. The van der Waals surface area contributed by atoms with Crippen molar-refractivity contribution in [3.05, 3.63) is 70.8 Å². The molecule has 2 aromatic rings. The largest absolute Gasteiger partial charge is 0.416 e. The maximum Gasteiger partial charge on any atom is 0.416 e. The molecular formula is C18H16F3NO. The lowest BCUT2D eigenvalue weighted by atomic mass is 10.1. The molecule has 0 atom stereocenters. The van der Waals surface area contributed by atoms with Gasteiger partial charge in [0.25, 0.3) is 0 Å². The number of carbonyl (C=O) groups excluding carboxylic acids is 1. The van der Waals surface area contributed by atoms with Gasteiger partial charge in [-0.25, -0.2) is 0 Å². The number of alkyl halides is 3. The van der Waals surface area contributed by atoms with E-state index in [1.54, 1.807) is 0 Å². The Kier molecular flexibility index (Phi) is 4.89. The number of hydrogen-bond donors (Lipinski definition) is 1. The van der Waals surface area contributed by atoms with Gasteiger partial charge < -0.3 is 5.32 Å². The number of para-hydroxylation sites is 1. The lowest BCUT2D eigenvalue weighted by Gasteiger charge is -2.09. The van der Waals surface area contributed by atoms with Crippen molar-refractivity contribution in [2.75, 3.05) is 5.32 Å². The Morgan fingerprint density at radius 3 is 2.09 bits per heavy atom. The second-order valence-corrected chi connectivity index (χ2v) is 5.21. The molecule has 0 saturated carbocycles. The smallest absolute Gasteiger partial charge is 0.322 e. The summed E-state index contributed by atoms with van der Waals surface area (Å²) >= 11 is 0. The van der Waals surface area contributed by atoms with Crippen molar-refractivity contribution in [1.82, 2.24) is 0 Å². The van der Waals surface area contributed by atoms with Crippen molar-refractivity contribution >= 4 is 17.7 Å². The quantitative estimate of drug-likeness (QED) is 0.795. The van der Waals surface area contributed by atoms with Crippen LogP contribution < -0.4 is 5.32 Å². The zero-order valence-corrected chi connectivity index (χ0v) is 12.7. The second-order valence-electron chi connectivity index (χ2n) is 5.21.